The zero-order valence-electron chi connectivity index (χ0n) is 19.7. The molecule has 14 heteroatoms. The first-order chi connectivity index (χ1) is 17.5. The molecule has 2 aromatic carbocycles. The zero-order valence-corrected chi connectivity index (χ0v) is 21.4. The number of carboxylic acids is 1. The fraction of sp³-hybridized carbons (Fsp3) is 0.217. The first kappa shape index (κ1) is 26.2. The van der Waals surface area contributed by atoms with E-state index in [1.165, 1.54) is 49.6 Å². The van der Waals surface area contributed by atoms with Crippen molar-refractivity contribution in [3.8, 4) is 22.8 Å². The Balaban J connectivity index is 1.71. The van der Waals surface area contributed by atoms with Gasteiger partial charge >= 0.3 is 22.1 Å². The number of methoxy groups -OCH3 is 1. The number of carboxylic acid groups (broad SMARTS) is 1. The molecule has 1 aliphatic rings. The van der Waals surface area contributed by atoms with Gasteiger partial charge in [0.25, 0.3) is 10.0 Å². The molecule has 196 valence electrons. The molecule has 0 atom stereocenters. The summed E-state index contributed by atoms with van der Waals surface area (Å²) in [6, 6.07) is 12.6. The summed E-state index contributed by atoms with van der Waals surface area (Å²) in [4.78, 5) is 23.4. The fourth-order valence-electron chi connectivity index (χ4n) is 3.98. The summed E-state index contributed by atoms with van der Waals surface area (Å²) in [6.07, 6.45) is 0.628. The third-order valence-corrected chi connectivity index (χ3v) is 9.02. The van der Waals surface area contributed by atoms with Crippen molar-refractivity contribution in [2.75, 3.05) is 18.0 Å². The van der Waals surface area contributed by atoms with E-state index < -0.39 is 38.7 Å². The molecule has 4 rings (SSSR count). The van der Waals surface area contributed by atoms with E-state index in [2.05, 4.69) is 0 Å². The highest BCUT2D eigenvalue weighted by Gasteiger charge is 2.36. The van der Waals surface area contributed by atoms with Crippen LogP contribution in [0.25, 0.3) is 11.3 Å². The number of hydrogen-bond acceptors (Lipinski definition) is 8. The van der Waals surface area contributed by atoms with Crippen LogP contribution in [0.15, 0.2) is 59.5 Å². The van der Waals surface area contributed by atoms with Gasteiger partial charge in [0, 0.05) is 12.2 Å². The fourth-order valence-corrected chi connectivity index (χ4v) is 7.06. The molecule has 2 N–H and O–H groups in total. The number of benzene rings is 2. The van der Waals surface area contributed by atoms with E-state index in [-0.39, 0.29) is 27.8 Å². The molecule has 0 saturated carbocycles. The Labute approximate surface area is 213 Å². The molecule has 0 unspecified atom stereocenters. The van der Waals surface area contributed by atoms with Gasteiger partial charge in [-0.2, -0.15) is 8.42 Å². The Hall–Kier alpha value is -3.88. The first-order valence-electron chi connectivity index (χ1n) is 11.0. The van der Waals surface area contributed by atoms with Crippen LogP contribution in [0.3, 0.4) is 0 Å². The topological polar surface area (TPSA) is 161 Å². The SMILES string of the molecule is CCCn1c(C(=O)O)ccc1-c1cccc(S(=O)(=O)NS(=O)(=O)N2CC(=O)Oc3cccc2c3OC)c1. The zero-order chi connectivity index (χ0) is 27.0. The lowest BCUT2D eigenvalue weighted by Gasteiger charge is -2.22. The van der Waals surface area contributed by atoms with Gasteiger partial charge in [0.2, 0.25) is 0 Å². The van der Waals surface area contributed by atoms with Crippen LogP contribution in [-0.2, 0) is 31.6 Å². The summed E-state index contributed by atoms with van der Waals surface area (Å²) >= 11 is 0. The van der Waals surface area contributed by atoms with E-state index in [1.54, 1.807) is 20.8 Å². The van der Waals surface area contributed by atoms with Crippen LogP contribution in [0.2, 0.25) is 0 Å². The van der Waals surface area contributed by atoms with Crippen molar-refractivity contribution in [3.05, 3.63) is 60.3 Å². The normalized spacial score (nSPS) is 13.7. The molecule has 37 heavy (non-hydrogen) atoms. The average Bonchev–Trinajstić information content (AvgIpc) is 3.23. The molecule has 0 spiro atoms. The number of nitrogens with one attached hydrogen (secondary N) is 1. The average molecular weight is 550 g/mol. The number of para-hydroxylation sites is 1. The highest BCUT2D eigenvalue weighted by atomic mass is 32.3. The standard InChI is InChI=1S/C23H23N3O9S2/c1-3-12-25-17(10-11-19(25)23(28)29)15-6-4-7-16(13-15)36(30,31)24-37(32,33)26-14-21(27)35-20-9-5-8-18(26)22(20)34-2/h4-11,13,24H,3,12,14H2,1-2H3,(H,28,29). The number of esters is 1. The van der Waals surface area contributed by atoms with Crippen LogP contribution < -0.4 is 17.9 Å². The number of hydrogen-bond donors (Lipinski definition) is 2. The highest BCUT2D eigenvalue weighted by molar-refractivity contribution is 8.05. The van der Waals surface area contributed by atoms with Gasteiger partial charge in [-0.15, -0.1) is 0 Å². The summed E-state index contributed by atoms with van der Waals surface area (Å²) < 4.78 is 66.9. The number of sulfonamides is 1. The molecule has 3 aromatic rings. The second kappa shape index (κ2) is 9.88. The molecule has 0 aliphatic carbocycles. The molecule has 0 radical (unpaired) electrons. The molecule has 0 fully saturated rings. The van der Waals surface area contributed by atoms with Gasteiger partial charge in [-0.05, 0) is 48.4 Å². The van der Waals surface area contributed by atoms with Gasteiger partial charge in [0.15, 0.2) is 11.5 Å². The van der Waals surface area contributed by atoms with Gasteiger partial charge in [0.05, 0.1) is 17.7 Å². The van der Waals surface area contributed by atoms with Crippen molar-refractivity contribution < 1.29 is 41.0 Å². The van der Waals surface area contributed by atoms with Crippen molar-refractivity contribution >= 4 is 37.9 Å². The van der Waals surface area contributed by atoms with E-state index in [0.717, 1.165) is 0 Å². The van der Waals surface area contributed by atoms with Crippen molar-refractivity contribution in [2.24, 2.45) is 0 Å². The third kappa shape index (κ3) is 5.03. The van der Waals surface area contributed by atoms with Gasteiger partial charge in [-0.25, -0.2) is 22.3 Å². The first-order valence-corrected chi connectivity index (χ1v) is 13.9. The molecule has 0 saturated heterocycles. The summed E-state index contributed by atoms with van der Waals surface area (Å²) in [7, 11) is -8.26. The smallest absolute Gasteiger partial charge is 0.352 e. The van der Waals surface area contributed by atoms with Gasteiger partial charge < -0.3 is 19.1 Å². The molecule has 1 aliphatic heterocycles. The Morgan fingerprint density at radius 2 is 1.84 bits per heavy atom. The van der Waals surface area contributed by atoms with Gasteiger partial charge in [0.1, 0.15) is 12.2 Å². The molecule has 0 amide bonds. The molecular weight excluding hydrogens is 526 g/mol. The van der Waals surface area contributed by atoms with Crippen molar-refractivity contribution in [1.82, 2.24) is 8.69 Å². The lowest BCUT2D eigenvalue weighted by Crippen LogP contribution is -2.46. The molecule has 1 aromatic heterocycles. The second-order valence-electron chi connectivity index (χ2n) is 7.97. The maximum Gasteiger partial charge on any atom is 0.352 e. The minimum atomic E-state index is -4.85. The summed E-state index contributed by atoms with van der Waals surface area (Å²) in [6.45, 7) is 1.45. The third-order valence-electron chi connectivity index (χ3n) is 5.52. The molecule has 12 nitrogen and oxygen atoms in total. The van der Waals surface area contributed by atoms with E-state index in [1.807, 2.05) is 6.92 Å². The largest absolute Gasteiger partial charge is 0.491 e. The summed E-state index contributed by atoms with van der Waals surface area (Å²) in [5, 5.41) is 9.47. The van der Waals surface area contributed by atoms with E-state index in [9.17, 15) is 31.5 Å². The van der Waals surface area contributed by atoms with E-state index in [0.29, 0.717) is 28.5 Å². The summed E-state index contributed by atoms with van der Waals surface area (Å²) in [5.74, 6) is -2.12. The minimum Gasteiger partial charge on any atom is -0.491 e. The van der Waals surface area contributed by atoms with Crippen LogP contribution in [0.1, 0.15) is 23.8 Å². The highest BCUT2D eigenvalue weighted by Crippen LogP contribution is 2.40. The second-order valence-corrected chi connectivity index (χ2v) is 11.5. The lowest BCUT2D eigenvalue weighted by molar-refractivity contribution is -0.132. The Kier molecular flexibility index (Phi) is 6.99. The lowest BCUT2D eigenvalue weighted by atomic mass is 10.1. The number of carbonyl (C=O) groups excluding carboxylic acids is 1. The van der Waals surface area contributed by atoms with Crippen LogP contribution in [-0.4, -0.2) is 52.1 Å². The number of aromatic nitrogens is 1. The number of ether oxygens (including phenoxy) is 2. The molecule has 2 heterocycles. The molecule has 2 bridgehead atoms. The van der Waals surface area contributed by atoms with Gasteiger partial charge in [-0.1, -0.05) is 29.3 Å². The maximum absolute atomic E-state index is 13.2. The Morgan fingerprint density at radius 3 is 2.51 bits per heavy atom. The van der Waals surface area contributed by atoms with Gasteiger partial charge in [-0.3, -0.25) is 0 Å². The van der Waals surface area contributed by atoms with Crippen LogP contribution in [0.4, 0.5) is 5.69 Å². The minimum absolute atomic E-state index is 0.00549. The number of aromatic carboxylic acids is 1. The summed E-state index contributed by atoms with van der Waals surface area (Å²) in [5.41, 5.74) is 0.779. The van der Waals surface area contributed by atoms with Crippen LogP contribution in [0.5, 0.6) is 11.5 Å². The van der Waals surface area contributed by atoms with E-state index in [4.69, 9.17) is 9.47 Å². The number of fused-ring (bicyclic) bond motifs is 2. The Morgan fingerprint density at radius 1 is 1.11 bits per heavy atom. The number of nitrogens with zero attached hydrogens (tertiary/aromatic N) is 2. The van der Waals surface area contributed by atoms with Crippen LogP contribution in [0, 0.1) is 0 Å². The quantitative estimate of drug-likeness (QED) is 0.301. The molecular formula is C23H23N3O9S2. The predicted octanol–water partition coefficient (Wildman–Crippen LogP) is 2.22. The number of anilines is 1. The van der Waals surface area contributed by atoms with Crippen molar-refractivity contribution in [2.45, 2.75) is 24.8 Å². The monoisotopic (exact) mass is 549 g/mol. The maximum atomic E-state index is 13.2. The van der Waals surface area contributed by atoms with Crippen molar-refractivity contribution in [3.63, 3.8) is 0 Å². The van der Waals surface area contributed by atoms with Crippen LogP contribution >= 0.6 is 0 Å². The number of rotatable bonds is 9. The van der Waals surface area contributed by atoms with Crippen molar-refractivity contribution in [1.29, 1.82) is 0 Å². The Bertz CT molecular complexity index is 1600. The predicted molar refractivity (Wildman–Crippen MR) is 132 cm³/mol. The van der Waals surface area contributed by atoms with E-state index >= 15 is 0 Å². The number of carbonyl (C=O) groups is 2.